The molecule has 0 aliphatic rings. The molecule has 0 saturated heterocycles. The lowest BCUT2D eigenvalue weighted by molar-refractivity contribution is 0.0526. The normalized spacial score (nSPS) is 13.2. The van der Waals surface area contributed by atoms with Crippen molar-refractivity contribution in [3.8, 4) is 6.07 Å². The summed E-state index contributed by atoms with van der Waals surface area (Å²) >= 11 is 0. The van der Waals surface area contributed by atoms with Gasteiger partial charge < -0.3 is 10.1 Å². The Bertz CT molecular complexity index is 721. The Morgan fingerprint density at radius 3 is 2.17 bits per heavy atom. The van der Waals surface area contributed by atoms with Crippen LogP contribution in [0.15, 0.2) is 36.5 Å². The molecule has 0 saturated carbocycles. The lowest BCUT2D eigenvalue weighted by atomic mass is 9.75. The van der Waals surface area contributed by atoms with Crippen LogP contribution >= 0.6 is 0 Å². The molecule has 5 nitrogen and oxygen atoms in total. The average molecular weight is 488 g/mol. The van der Waals surface area contributed by atoms with E-state index in [0.29, 0.717) is 13.0 Å². The molecule has 1 N–H and O–H groups in total. The van der Waals surface area contributed by atoms with Crippen molar-refractivity contribution in [1.29, 1.82) is 5.26 Å². The zero-order chi connectivity index (χ0) is 27.0. The molecule has 1 amide bonds. The van der Waals surface area contributed by atoms with Gasteiger partial charge in [-0.2, -0.15) is 5.26 Å². The maximum absolute atomic E-state index is 11.8. The van der Waals surface area contributed by atoms with Crippen LogP contribution in [0.3, 0.4) is 0 Å². The molecule has 200 valence electrons. The summed E-state index contributed by atoms with van der Waals surface area (Å²) in [4.78, 5) is 14.1. The van der Waals surface area contributed by atoms with Crippen molar-refractivity contribution in [2.24, 2.45) is 10.8 Å². The summed E-state index contributed by atoms with van der Waals surface area (Å²) in [6, 6.07) is 2.29. The number of amides is 1. The lowest BCUT2D eigenvalue weighted by Crippen LogP contribution is -2.33. The van der Waals surface area contributed by atoms with E-state index in [1.807, 2.05) is 45.9 Å². The molecular weight excluding hydrogens is 434 g/mol. The third-order valence-corrected chi connectivity index (χ3v) is 6.24. The molecular formula is C30H53N3O2. The summed E-state index contributed by atoms with van der Waals surface area (Å²) in [5.41, 5.74) is 1.24. The number of allylic oxidation sites excluding steroid dienone is 3. The fourth-order valence-electron chi connectivity index (χ4n) is 3.76. The summed E-state index contributed by atoms with van der Waals surface area (Å²) in [5.74, 6) is 0. The number of nitrogens with zero attached hydrogens (tertiary/aromatic N) is 2. The minimum Gasteiger partial charge on any atom is -0.444 e. The van der Waals surface area contributed by atoms with Gasteiger partial charge in [-0.3, -0.25) is 4.90 Å². The van der Waals surface area contributed by atoms with Crippen molar-refractivity contribution in [2.75, 3.05) is 26.2 Å². The standard InChI is InChI=1S/C30H53N3O2/c1-10-12-16-26(11-2)25-33(23-15-21-31)24-20-30(8,9)19-18-29(6,7)17-13-14-22-32-27(34)35-28(3,4)5/h10-12,16H,2,13-15,17-20,22-25H2,1,3-9H3,(H,32,34)/b12-10-,26-16+. The number of carbonyl (C=O) groups is 1. The van der Waals surface area contributed by atoms with Crippen LogP contribution in [0.5, 0.6) is 0 Å². The highest BCUT2D eigenvalue weighted by Gasteiger charge is 2.25. The van der Waals surface area contributed by atoms with E-state index in [0.717, 1.165) is 45.3 Å². The van der Waals surface area contributed by atoms with Crippen LogP contribution in [0.1, 0.15) is 100 Å². The fourth-order valence-corrected chi connectivity index (χ4v) is 3.76. The van der Waals surface area contributed by atoms with Gasteiger partial charge in [-0.25, -0.2) is 4.79 Å². The van der Waals surface area contributed by atoms with Crippen LogP contribution in [0.25, 0.3) is 0 Å². The molecule has 0 rings (SSSR count). The van der Waals surface area contributed by atoms with Gasteiger partial charge in [0.1, 0.15) is 5.60 Å². The molecule has 0 heterocycles. The molecule has 0 aromatic heterocycles. The first kappa shape index (κ1) is 32.9. The largest absolute Gasteiger partial charge is 0.444 e. The van der Waals surface area contributed by atoms with Crippen LogP contribution in [-0.4, -0.2) is 42.8 Å². The Balaban J connectivity index is 4.54. The minimum absolute atomic E-state index is 0.238. The van der Waals surface area contributed by atoms with Gasteiger partial charge in [0.05, 0.1) is 6.07 Å². The Morgan fingerprint density at radius 1 is 1.00 bits per heavy atom. The van der Waals surface area contributed by atoms with Crippen LogP contribution < -0.4 is 5.32 Å². The number of hydrogen-bond acceptors (Lipinski definition) is 4. The van der Waals surface area contributed by atoms with Gasteiger partial charge in [0, 0.05) is 26.1 Å². The number of hydrogen-bond donors (Lipinski definition) is 1. The summed E-state index contributed by atoms with van der Waals surface area (Å²) in [6.07, 6.45) is 14.9. The van der Waals surface area contributed by atoms with Crippen molar-refractivity contribution in [2.45, 2.75) is 106 Å². The Kier molecular flexibility index (Phi) is 15.6. The third-order valence-electron chi connectivity index (χ3n) is 6.24. The van der Waals surface area contributed by atoms with Crippen LogP contribution in [0, 0.1) is 22.2 Å². The van der Waals surface area contributed by atoms with Gasteiger partial charge in [0.15, 0.2) is 0 Å². The van der Waals surface area contributed by atoms with Crippen molar-refractivity contribution in [3.63, 3.8) is 0 Å². The highest BCUT2D eigenvalue weighted by Crippen LogP contribution is 2.36. The first-order chi connectivity index (χ1) is 16.2. The number of ether oxygens (including phenoxy) is 1. The second kappa shape index (κ2) is 16.6. The Hall–Kier alpha value is -2.06. The summed E-state index contributed by atoms with van der Waals surface area (Å²) < 4.78 is 5.29. The van der Waals surface area contributed by atoms with E-state index in [1.54, 1.807) is 0 Å². The predicted molar refractivity (Wildman–Crippen MR) is 149 cm³/mol. The third kappa shape index (κ3) is 18.9. The second-order valence-corrected chi connectivity index (χ2v) is 12.1. The van der Waals surface area contributed by atoms with Gasteiger partial charge in [-0.15, -0.1) is 0 Å². The van der Waals surface area contributed by atoms with E-state index in [9.17, 15) is 4.79 Å². The van der Waals surface area contributed by atoms with Gasteiger partial charge >= 0.3 is 6.09 Å². The van der Waals surface area contributed by atoms with Crippen LogP contribution in [0.2, 0.25) is 0 Å². The number of nitrogens with one attached hydrogen (secondary N) is 1. The van der Waals surface area contributed by atoms with E-state index in [4.69, 9.17) is 10.00 Å². The molecule has 0 aliphatic carbocycles. The average Bonchev–Trinajstić information content (AvgIpc) is 2.75. The monoisotopic (exact) mass is 487 g/mol. The molecule has 0 unspecified atom stereocenters. The molecule has 0 aliphatic heterocycles. The summed E-state index contributed by atoms with van der Waals surface area (Å²) in [7, 11) is 0. The van der Waals surface area contributed by atoms with Gasteiger partial charge in [-0.05, 0) is 82.7 Å². The highest BCUT2D eigenvalue weighted by atomic mass is 16.6. The number of unbranched alkanes of at least 4 members (excludes halogenated alkanes) is 1. The molecule has 0 spiro atoms. The zero-order valence-corrected chi connectivity index (χ0v) is 24.0. The zero-order valence-electron chi connectivity index (χ0n) is 24.0. The number of nitriles is 1. The molecule has 0 radical (unpaired) electrons. The van der Waals surface area contributed by atoms with E-state index in [-0.39, 0.29) is 16.9 Å². The maximum atomic E-state index is 11.8. The number of rotatable bonds is 17. The van der Waals surface area contributed by atoms with Gasteiger partial charge in [-0.1, -0.05) is 65.0 Å². The molecule has 0 atom stereocenters. The summed E-state index contributed by atoms with van der Waals surface area (Å²) in [5, 5.41) is 11.9. The van der Waals surface area contributed by atoms with Crippen molar-refractivity contribution >= 4 is 6.09 Å². The molecule has 0 aromatic carbocycles. The number of alkyl carbamates (subject to hydrolysis) is 1. The highest BCUT2D eigenvalue weighted by molar-refractivity contribution is 5.67. The van der Waals surface area contributed by atoms with E-state index in [2.05, 4.69) is 56.6 Å². The molecule has 0 bridgehead atoms. The van der Waals surface area contributed by atoms with Crippen LogP contribution in [-0.2, 0) is 4.74 Å². The Labute approximate surface area is 216 Å². The minimum atomic E-state index is -0.456. The quantitative estimate of drug-likeness (QED) is 0.168. The van der Waals surface area contributed by atoms with E-state index in [1.165, 1.54) is 18.4 Å². The van der Waals surface area contributed by atoms with Gasteiger partial charge in [0.25, 0.3) is 0 Å². The molecule has 35 heavy (non-hydrogen) atoms. The first-order valence-corrected chi connectivity index (χ1v) is 13.2. The summed E-state index contributed by atoms with van der Waals surface area (Å²) in [6.45, 7) is 24.3. The van der Waals surface area contributed by atoms with Crippen molar-refractivity contribution < 1.29 is 9.53 Å². The SMILES string of the molecule is C=C/C(=C\C=C/C)CN(CCC#N)CCC(C)(C)CCC(C)(C)CCCCNC(=O)OC(C)(C)C. The first-order valence-electron chi connectivity index (χ1n) is 13.2. The fraction of sp³-hybridized carbons (Fsp3) is 0.733. The smallest absolute Gasteiger partial charge is 0.407 e. The van der Waals surface area contributed by atoms with Crippen molar-refractivity contribution in [1.82, 2.24) is 10.2 Å². The number of carbonyl (C=O) groups excluding carboxylic acids is 1. The topological polar surface area (TPSA) is 65.4 Å². The molecule has 5 heteroatoms. The molecule has 0 fully saturated rings. The maximum Gasteiger partial charge on any atom is 0.407 e. The predicted octanol–water partition coefficient (Wildman–Crippen LogP) is 7.81. The van der Waals surface area contributed by atoms with E-state index >= 15 is 0 Å². The Morgan fingerprint density at radius 2 is 1.63 bits per heavy atom. The lowest BCUT2D eigenvalue weighted by Gasteiger charge is -2.33. The van der Waals surface area contributed by atoms with Gasteiger partial charge in [0.2, 0.25) is 0 Å². The second-order valence-electron chi connectivity index (χ2n) is 12.1. The van der Waals surface area contributed by atoms with Crippen LogP contribution in [0.4, 0.5) is 4.79 Å². The van der Waals surface area contributed by atoms with E-state index < -0.39 is 5.60 Å². The van der Waals surface area contributed by atoms with Crippen molar-refractivity contribution in [3.05, 3.63) is 36.5 Å². The molecule has 0 aromatic rings.